The van der Waals surface area contributed by atoms with Crippen LogP contribution in [0.1, 0.15) is 31.0 Å². The molecule has 0 fully saturated rings. The van der Waals surface area contributed by atoms with Gasteiger partial charge in [0.05, 0.1) is 17.7 Å². The second-order valence-corrected chi connectivity index (χ2v) is 6.28. The average Bonchev–Trinajstić information content (AvgIpc) is 2.67. The van der Waals surface area contributed by atoms with E-state index in [4.69, 9.17) is 26.3 Å². The average molecular weight is 387 g/mol. The van der Waals surface area contributed by atoms with Crippen LogP contribution in [-0.2, 0) is 14.3 Å². The number of nitrogens with zero attached hydrogens (tertiary/aromatic N) is 1. The highest BCUT2D eigenvalue weighted by Gasteiger charge is 2.18. The minimum absolute atomic E-state index is 0.249. The number of halogens is 1. The number of nitrogens with one attached hydrogen (secondary N) is 1. The van der Waals surface area contributed by atoms with E-state index in [0.717, 1.165) is 5.56 Å². The molecule has 0 spiro atoms. The van der Waals surface area contributed by atoms with Gasteiger partial charge in [-0.1, -0.05) is 23.7 Å². The highest BCUT2D eigenvalue weighted by Crippen LogP contribution is 2.16. The lowest BCUT2D eigenvalue weighted by molar-refractivity contribution is -0.154. The first-order valence-electron chi connectivity index (χ1n) is 8.27. The van der Waals surface area contributed by atoms with Crippen molar-refractivity contribution < 1.29 is 19.1 Å². The summed E-state index contributed by atoms with van der Waals surface area (Å²) in [4.78, 5) is 23.9. The lowest BCUT2D eigenvalue weighted by atomic mass is 10.1. The van der Waals surface area contributed by atoms with E-state index < -0.39 is 24.6 Å². The Balaban J connectivity index is 1.78. The maximum atomic E-state index is 12.0. The van der Waals surface area contributed by atoms with Gasteiger partial charge in [0, 0.05) is 5.02 Å². The minimum Gasteiger partial charge on any atom is -0.479 e. The monoisotopic (exact) mass is 386 g/mol. The number of carbonyl (C=O) groups is 2. The fraction of sp³-hybridized carbons (Fsp3) is 0.250. The van der Waals surface area contributed by atoms with Crippen LogP contribution in [0.4, 0.5) is 0 Å². The van der Waals surface area contributed by atoms with Crippen molar-refractivity contribution in [3.63, 3.8) is 0 Å². The van der Waals surface area contributed by atoms with Gasteiger partial charge < -0.3 is 14.8 Å². The summed E-state index contributed by atoms with van der Waals surface area (Å²) in [6, 6.07) is 15.2. The predicted molar refractivity (Wildman–Crippen MR) is 100 cm³/mol. The lowest BCUT2D eigenvalue weighted by Gasteiger charge is -2.16. The first-order valence-corrected chi connectivity index (χ1v) is 8.65. The Morgan fingerprint density at radius 1 is 1.11 bits per heavy atom. The molecule has 2 aromatic carbocycles. The Labute approximate surface area is 162 Å². The third kappa shape index (κ3) is 6.32. The van der Waals surface area contributed by atoms with E-state index in [9.17, 15) is 9.59 Å². The second kappa shape index (κ2) is 9.60. The molecule has 0 aromatic heterocycles. The Morgan fingerprint density at radius 3 is 2.33 bits per heavy atom. The third-order valence-corrected chi connectivity index (χ3v) is 3.97. The van der Waals surface area contributed by atoms with Crippen LogP contribution in [0.3, 0.4) is 0 Å². The summed E-state index contributed by atoms with van der Waals surface area (Å²) >= 11 is 5.84. The van der Waals surface area contributed by atoms with Gasteiger partial charge in [-0.15, -0.1) is 0 Å². The third-order valence-electron chi connectivity index (χ3n) is 3.72. The van der Waals surface area contributed by atoms with E-state index >= 15 is 0 Å². The van der Waals surface area contributed by atoms with Crippen molar-refractivity contribution in [1.29, 1.82) is 5.26 Å². The van der Waals surface area contributed by atoms with Crippen molar-refractivity contribution in [2.24, 2.45) is 0 Å². The van der Waals surface area contributed by atoms with Gasteiger partial charge in [0.15, 0.2) is 12.7 Å². The molecule has 2 atom stereocenters. The van der Waals surface area contributed by atoms with E-state index in [1.807, 2.05) is 25.1 Å². The van der Waals surface area contributed by atoms with Gasteiger partial charge in [-0.2, -0.15) is 5.26 Å². The molecule has 0 bridgehead atoms. The lowest BCUT2D eigenvalue weighted by Crippen LogP contribution is -2.34. The zero-order valence-corrected chi connectivity index (χ0v) is 15.7. The van der Waals surface area contributed by atoms with Gasteiger partial charge >= 0.3 is 5.97 Å². The smallest absolute Gasteiger partial charge is 0.347 e. The van der Waals surface area contributed by atoms with Crippen LogP contribution in [0.5, 0.6) is 5.75 Å². The summed E-state index contributed by atoms with van der Waals surface area (Å²) in [6.07, 6.45) is -0.889. The molecule has 0 aliphatic carbocycles. The molecule has 0 aliphatic heterocycles. The molecule has 0 saturated heterocycles. The van der Waals surface area contributed by atoms with Gasteiger partial charge in [-0.3, -0.25) is 4.79 Å². The Bertz CT molecular complexity index is 829. The molecular weight excluding hydrogens is 368 g/mol. The summed E-state index contributed by atoms with van der Waals surface area (Å²) in [5, 5.41) is 12.1. The van der Waals surface area contributed by atoms with E-state index in [0.29, 0.717) is 16.3 Å². The molecule has 0 radical (unpaired) electrons. The summed E-state index contributed by atoms with van der Waals surface area (Å²) < 4.78 is 10.4. The maximum absolute atomic E-state index is 12.0. The molecule has 140 valence electrons. The molecule has 1 amide bonds. The number of benzene rings is 2. The number of amides is 1. The number of rotatable bonds is 7. The minimum atomic E-state index is -0.889. The molecule has 0 unspecified atom stereocenters. The first kappa shape index (κ1) is 20.3. The van der Waals surface area contributed by atoms with Crippen LogP contribution in [0.15, 0.2) is 48.5 Å². The summed E-state index contributed by atoms with van der Waals surface area (Å²) in [6.45, 7) is 2.94. The second-order valence-electron chi connectivity index (χ2n) is 5.84. The van der Waals surface area contributed by atoms with Gasteiger partial charge in [-0.25, -0.2) is 4.79 Å². The number of hydrogen-bond donors (Lipinski definition) is 1. The van der Waals surface area contributed by atoms with Crippen molar-refractivity contribution in [1.82, 2.24) is 5.32 Å². The van der Waals surface area contributed by atoms with Crippen molar-refractivity contribution in [3.8, 4) is 11.8 Å². The van der Waals surface area contributed by atoms with E-state index in [2.05, 4.69) is 5.32 Å². The number of hydrogen-bond acceptors (Lipinski definition) is 5. The van der Waals surface area contributed by atoms with Crippen LogP contribution in [0, 0.1) is 11.3 Å². The highest BCUT2D eigenvalue weighted by molar-refractivity contribution is 6.30. The quantitative estimate of drug-likeness (QED) is 0.737. The standard InChI is InChI=1S/C20H19ClN2O4/c1-13(16-5-7-17(21)8-6-16)23-19(24)12-26-20(25)14(2)27-18-9-3-15(11-22)4-10-18/h3-10,13-14H,12H2,1-2H3,(H,23,24)/t13-,14-/m0/s1. The van der Waals surface area contributed by atoms with Gasteiger partial charge in [0.25, 0.3) is 5.91 Å². The molecule has 7 heteroatoms. The van der Waals surface area contributed by atoms with Crippen LogP contribution in [0.25, 0.3) is 0 Å². The number of nitriles is 1. The molecule has 2 aromatic rings. The van der Waals surface area contributed by atoms with Crippen LogP contribution < -0.4 is 10.1 Å². The molecular formula is C20H19ClN2O4. The topological polar surface area (TPSA) is 88.4 Å². The van der Waals surface area contributed by atoms with Gasteiger partial charge in [0.2, 0.25) is 0 Å². The summed E-state index contributed by atoms with van der Waals surface area (Å²) in [5.41, 5.74) is 1.38. The number of esters is 1. The Hall–Kier alpha value is -3.04. The molecule has 0 saturated carbocycles. The summed E-state index contributed by atoms with van der Waals surface area (Å²) in [7, 11) is 0. The van der Waals surface area contributed by atoms with E-state index in [1.165, 1.54) is 6.92 Å². The highest BCUT2D eigenvalue weighted by atomic mass is 35.5. The largest absolute Gasteiger partial charge is 0.479 e. The van der Waals surface area contributed by atoms with Crippen molar-refractivity contribution in [2.45, 2.75) is 26.0 Å². The predicted octanol–water partition coefficient (Wildman–Crippen LogP) is 3.40. The number of carbonyl (C=O) groups excluding carboxylic acids is 2. The van der Waals surface area contributed by atoms with Crippen molar-refractivity contribution >= 4 is 23.5 Å². The fourth-order valence-electron chi connectivity index (χ4n) is 2.23. The molecule has 0 heterocycles. The van der Waals surface area contributed by atoms with Gasteiger partial charge in [0.1, 0.15) is 5.75 Å². The van der Waals surface area contributed by atoms with Crippen molar-refractivity contribution in [3.05, 3.63) is 64.7 Å². The molecule has 1 N–H and O–H groups in total. The van der Waals surface area contributed by atoms with Crippen LogP contribution in [0.2, 0.25) is 5.02 Å². The summed E-state index contributed by atoms with van der Waals surface area (Å²) in [5.74, 6) is -0.649. The Kier molecular flexibility index (Phi) is 7.21. The fourth-order valence-corrected chi connectivity index (χ4v) is 2.36. The van der Waals surface area contributed by atoms with Crippen molar-refractivity contribution in [2.75, 3.05) is 6.61 Å². The molecule has 2 rings (SSSR count). The zero-order valence-electron chi connectivity index (χ0n) is 14.9. The van der Waals surface area contributed by atoms with Crippen LogP contribution in [-0.4, -0.2) is 24.6 Å². The van der Waals surface area contributed by atoms with E-state index in [-0.39, 0.29) is 6.04 Å². The van der Waals surface area contributed by atoms with Crippen LogP contribution >= 0.6 is 11.6 Å². The van der Waals surface area contributed by atoms with Gasteiger partial charge in [-0.05, 0) is 55.8 Å². The van der Waals surface area contributed by atoms with E-state index in [1.54, 1.807) is 36.4 Å². The number of ether oxygens (including phenoxy) is 2. The normalized spacial score (nSPS) is 12.4. The zero-order chi connectivity index (χ0) is 19.8. The molecule has 27 heavy (non-hydrogen) atoms. The molecule has 6 nitrogen and oxygen atoms in total. The SMILES string of the molecule is C[C@H](Oc1ccc(C#N)cc1)C(=O)OCC(=O)N[C@@H](C)c1ccc(Cl)cc1. The first-order chi connectivity index (χ1) is 12.9. The molecule has 0 aliphatic rings. The Morgan fingerprint density at radius 2 is 1.74 bits per heavy atom. The maximum Gasteiger partial charge on any atom is 0.347 e.